The normalized spacial score (nSPS) is 24.7. The van der Waals surface area contributed by atoms with Gasteiger partial charge in [0.05, 0.1) is 12.0 Å². The number of rotatable bonds is 3. The predicted molar refractivity (Wildman–Crippen MR) is 94.6 cm³/mol. The van der Waals surface area contributed by atoms with Gasteiger partial charge in [0.15, 0.2) is 11.6 Å². The maximum atomic E-state index is 13.0. The zero-order valence-electron chi connectivity index (χ0n) is 13.6. The summed E-state index contributed by atoms with van der Waals surface area (Å²) in [6.45, 7) is 0. The maximum absolute atomic E-state index is 13.0. The van der Waals surface area contributed by atoms with E-state index in [0.717, 1.165) is 17.8 Å². The summed E-state index contributed by atoms with van der Waals surface area (Å²) < 4.78 is 0. The third-order valence-electron chi connectivity index (χ3n) is 5.27. The average Bonchev–Trinajstić information content (AvgIpc) is 3.01. The molecule has 4 rings (SSSR count). The topological polar surface area (TPSA) is 58.2 Å². The van der Waals surface area contributed by atoms with Crippen LogP contribution >= 0.6 is 0 Å². The van der Waals surface area contributed by atoms with Crippen molar-refractivity contribution < 1.29 is 9.59 Å². The van der Waals surface area contributed by atoms with E-state index in [4.69, 9.17) is 0 Å². The third-order valence-corrected chi connectivity index (χ3v) is 5.27. The quantitative estimate of drug-likeness (QED) is 0.671. The van der Waals surface area contributed by atoms with Crippen molar-refractivity contribution >= 4 is 22.9 Å². The number of anilines is 2. The molecule has 0 saturated heterocycles. The lowest BCUT2D eigenvalue weighted by Crippen LogP contribution is -2.43. The zero-order valence-corrected chi connectivity index (χ0v) is 13.6. The Morgan fingerprint density at radius 2 is 1.83 bits per heavy atom. The van der Waals surface area contributed by atoms with Gasteiger partial charge in [0.2, 0.25) is 0 Å². The number of carbonyl (C=O) groups excluding carboxylic acids is 2. The molecule has 4 heteroatoms. The molecule has 0 radical (unpaired) electrons. The fourth-order valence-electron chi connectivity index (χ4n) is 4.06. The maximum Gasteiger partial charge on any atom is 0.175 e. The highest BCUT2D eigenvalue weighted by Gasteiger charge is 2.45. The van der Waals surface area contributed by atoms with Crippen molar-refractivity contribution in [3.63, 3.8) is 0 Å². The van der Waals surface area contributed by atoms with E-state index in [9.17, 15) is 9.59 Å². The van der Waals surface area contributed by atoms with Crippen molar-refractivity contribution in [1.82, 2.24) is 0 Å². The second-order valence-corrected chi connectivity index (χ2v) is 6.51. The smallest absolute Gasteiger partial charge is 0.175 e. The number of benzene rings is 2. The lowest BCUT2D eigenvalue weighted by molar-refractivity contribution is -0.124. The number of ketones is 2. The van der Waals surface area contributed by atoms with Gasteiger partial charge in [-0.05, 0) is 36.6 Å². The van der Waals surface area contributed by atoms with Crippen LogP contribution in [0.1, 0.15) is 34.7 Å². The summed E-state index contributed by atoms with van der Waals surface area (Å²) in [6.07, 6.45) is 1.48. The van der Waals surface area contributed by atoms with E-state index < -0.39 is 5.92 Å². The molecule has 2 aromatic carbocycles. The Morgan fingerprint density at radius 1 is 1.08 bits per heavy atom. The summed E-state index contributed by atoms with van der Waals surface area (Å²) in [7, 11) is 1.79. The van der Waals surface area contributed by atoms with Gasteiger partial charge in [-0.2, -0.15) is 0 Å². The molecule has 2 aliphatic rings. The number of carbonyl (C=O) groups is 2. The van der Waals surface area contributed by atoms with Crippen LogP contribution in [0, 0.1) is 5.92 Å². The van der Waals surface area contributed by atoms with Gasteiger partial charge >= 0.3 is 0 Å². The molecule has 3 atom stereocenters. The molecule has 2 aromatic rings. The molecule has 0 bridgehead atoms. The van der Waals surface area contributed by atoms with Gasteiger partial charge in [0.25, 0.3) is 0 Å². The van der Waals surface area contributed by atoms with Crippen molar-refractivity contribution in [3.8, 4) is 0 Å². The highest BCUT2D eigenvalue weighted by molar-refractivity contribution is 6.15. The lowest BCUT2D eigenvalue weighted by Gasteiger charge is -2.30. The van der Waals surface area contributed by atoms with Crippen LogP contribution in [-0.4, -0.2) is 24.7 Å². The highest BCUT2D eigenvalue weighted by Crippen LogP contribution is 2.44. The van der Waals surface area contributed by atoms with Crippen LogP contribution in [0.4, 0.5) is 11.4 Å². The number of hydrogen-bond acceptors (Lipinski definition) is 4. The second-order valence-electron chi connectivity index (χ2n) is 6.51. The molecule has 1 aliphatic carbocycles. The predicted octanol–water partition coefficient (Wildman–Crippen LogP) is 3.47. The minimum Gasteiger partial charge on any atom is -0.388 e. The van der Waals surface area contributed by atoms with Gasteiger partial charge in [0.1, 0.15) is 0 Å². The fourth-order valence-corrected chi connectivity index (χ4v) is 4.06. The molecule has 0 amide bonds. The van der Waals surface area contributed by atoms with Crippen molar-refractivity contribution in [2.45, 2.75) is 24.8 Å². The molecule has 122 valence electrons. The first-order chi connectivity index (χ1) is 11.7. The van der Waals surface area contributed by atoms with Gasteiger partial charge in [-0.15, -0.1) is 0 Å². The van der Waals surface area contributed by atoms with Crippen molar-refractivity contribution in [2.75, 3.05) is 17.7 Å². The summed E-state index contributed by atoms with van der Waals surface area (Å²) in [5.41, 5.74) is 3.62. The van der Waals surface area contributed by atoms with Crippen LogP contribution in [0.5, 0.6) is 0 Å². The Kier molecular flexibility index (Phi) is 3.60. The van der Waals surface area contributed by atoms with E-state index in [-0.39, 0.29) is 23.5 Å². The number of fused-ring (bicyclic) bond motifs is 3. The van der Waals surface area contributed by atoms with E-state index in [1.165, 1.54) is 5.56 Å². The number of Topliss-reactive ketones (excluding diaryl/α,β-unsaturated/α-hetero) is 2. The second kappa shape index (κ2) is 5.78. The summed E-state index contributed by atoms with van der Waals surface area (Å²) in [6, 6.07) is 15.2. The first kappa shape index (κ1) is 14.9. The summed E-state index contributed by atoms with van der Waals surface area (Å²) in [4.78, 5) is 25.9. The minimum absolute atomic E-state index is 0.0263. The molecule has 1 aliphatic heterocycles. The van der Waals surface area contributed by atoms with Crippen LogP contribution in [0.3, 0.4) is 0 Å². The summed E-state index contributed by atoms with van der Waals surface area (Å²) in [5.74, 6) is -0.403. The fraction of sp³-hybridized carbons (Fsp3) is 0.300. The van der Waals surface area contributed by atoms with E-state index in [1.807, 2.05) is 36.4 Å². The van der Waals surface area contributed by atoms with E-state index in [1.54, 1.807) is 13.1 Å². The number of hydrogen-bond donors (Lipinski definition) is 2. The molecule has 0 unspecified atom stereocenters. The molecule has 1 heterocycles. The Morgan fingerprint density at radius 3 is 2.67 bits per heavy atom. The summed E-state index contributed by atoms with van der Waals surface area (Å²) >= 11 is 0. The SMILES string of the molecule is CNc1ccccc1C(=O)[C@@H]1CC[C@@H]2c3ccccc3N[C@H]2C1=O. The van der Waals surface area contributed by atoms with Crippen LogP contribution in [0.25, 0.3) is 0 Å². The zero-order chi connectivity index (χ0) is 16.7. The van der Waals surface area contributed by atoms with E-state index in [2.05, 4.69) is 16.7 Å². The monoisotopic (exact) mass is 320 g/mol. The van der Waals surface area contributed by atoms with Crippen molar-refractivity contribution in [1.29, 1.82) is 0 Å². The largest absolute Gasteiger partial charge is 0.388 e. The Bertz CT molecular complexity index is 815. The molecule has 1 saturated carbocycles. The van der Waals surface area contributed by atoms with Crippen LogP contribution in [-0.2, 0) is 4.79 Å². The van der Waals surface area contributed by atoms with Crippen LogP contribution in [0.2, 0.25) is 0 Å². The van der Waals surface area contributed by atoms with E-state index >= 15 is 0 Å². The van der Waals surface area contributed by atoms with Gasteiger partial charge in [-0.25, -0.2) is 0 Å². The van der Waals surface area contributed by atoms with Gasteiger partial charge in [-0.3, -0.25) is 9.59 Å². The van der Waals surface area contributed by atoms with Crippen LogP contribution < -0.4 is 10.6 Å². The van der Waals surface area contributed by atoms with Gasteiger partial charge in [-0.1, -0.05) is 30.3 Å². The molecule has 1 fully saturated rings. The highest BCUT2D eigenvalue weighted by atomic mass is 16.2. The molecule has 0 spiro atoms. The first-order valence-electron chi connectivity index (χ1n) is 8.41. The third kappa shape index (κ3) is 2.21. The van der Waals surface area contributed by atoms with Crippen molar-refractivity contribution in [2.24, 2.45) is 5.92 Å². The van der Waals surface area contributed by atoms with Gasteiger partial charge < -0.3 is 10.6 Å². The van der Waals surface area contributed by atoms with Gasteiger partial charge in [0, 0.05) is 29.9 Å². The Labute approximate surface area is 141 Å². The van der Waals surface area contributed by atoms with E-state index in [0.29, 0.717) is 12.0 Å². The standard InChI is InChI=1S/C20H20N2O2/c1-21-16-8-4-3-7-14(16)19(23)15-11-10-13-12-6-2-5-9-17(12)22-18(13)20(15)24/h2-9,13,15,18,21-22H,10-11H2,1H3/t13-,15+,18-/m1/s1. The number of para-hydroxylation sites is 2. The molecule has 24 heavy (non-hydrogen) atoms. The Balaban J connectivity index is 1.62. The molecule has 2 N–H and O–H groups in total. The molecule has 4 nitrogen and oxygen atoms in total. The summed E-state index contributed by atoms with van der Waals surface area (Å²) in [5, 5.41) is 6.38. The van der Waals surface area contributed by atoms with Crippen LogP contribution in [0.15, 0.2) is 48.5 Å². The first-order valence-corrected chi connectivity index (χ1v) is 8.41. The lowest BCUT2D eigenvalue weighted by atomic mass is 9.73. The molecular formula is C20H20N2O2. The number of nitrogens with one attached hydrogen (secondary N) is 2. The Hall–Kier alpha value is -2.62. The molecule has 0 aromatic heterocycles. The minimum atomic E-state index is -0.553. The van der Waals surface area contributed by atoms with Crippen molar-refractivity contribution in [3.05, 3.63) is 59.7 Å². The molecular weight excluding hydrogens is 300 g/mol. The average molecular weight is 320 g/mol.